The molecule has 21 heavy (non-hydrogen) atoms. The van der Waals surface area contributed by atoms with E-state index in [1.165, 1.54) is 6.42 Å². The minimum absolute atomic E-state index is 0.0286. The maximum atomic E-state index is 12.4. The summed E-state index contributed by atoms with van der Waals surface area (Å²) < 4.78 is 6.76. The van der Waals surface area contributed by atoms with Gasteiger partial charge < -0.3 is 14.7 Å². The first kappa shape index (κ1) is 16.3. The van der Waals surface area contributed by atoms with Gasteiger partial charge in [-0.1, -0.05) is 15.9 Å². The predicted octanol–water partition coefficient (Wildman–Crippen LogP) is 3.03. The van der Waals surface area contributed by atoms with E-state index < -0.39 is 6.10 Å². The van der Waals surface area contributed by atoms with Crippen molar-refractivity contribution < 1.29 is 14.6 Å². The monoisotopic (exact) mass is 355 g/mol. The van der Waals surface area contributed by atoms with Gasteiger partial charge in [0.25, 0.3) is 5.91 Å². The van der Waals surface area contributed by atoms with E-state index in [1.54, 1.807) is 6.92 Å². The summed E-state index contributed by atoms with van der Waals surface area (Å²) in [6.45, 7) is 5.22. The molecule has 1 heterocycles. The fraction of sp³-hybridized carbons (Fsp3) is 0.562. The van der Waals surface area contributed by atoms with Gasteiger partial charge in [0.15, 0.2) is 6.10 Å². The minimum Gasteiger partial charge on any atom is -0.480 e. The lowest BCUT2D eigenvalue weighted by atomic mass is 10.1. The molecular formula is C16H22BrNO3. The molecular weight excluding hydrogens is 334 g/mol. The Bertz CT molecular complexity index is 512. The normalized spacial score (nSPS) is 16.7. The van der Waals surface area contributed by atoms with Crippen molar-refractivity contribution in [3.8, 4) is 5.75 Å². The highest BCUT2D eigenvalue weighted by Gasteiger charge is 2.24. The van der Waals surface area contributed by atoms with Crippen molar-refractivity contribution in [2.45, 2.75) is 45.8 Å². The molecule has 1 saturated heterocycles. The number of nitrogens with zero attached hydrogens (tertiary/aromatic N) is 1. The van der Waals surface area contributed by atoms with Gasteiger partial charge in [-0.05, 0) is 50.8 Å². The number of ether oxygens (including phenoxy) is 1. The summed E-state index contributed by atoms with van der Waals surface area (Å²) in [5.74, 6) is 0.638. The van der Waals surface area contributed by atoms with Gasteiger partial charge in [0.2, 0.25) is 0 Å². The Morgan fingerprint density at radius 1 is 1.38 bits per heavy atom. The molecule has 1 N–H and O–H groups in total. The van der Waals surface area contributed by atoms with E-state index in [9.17, 15) is 9.90 Å². The van der Waals surface area contributed by atoms with Gasteiger partial charge in [-0.25, -0.2) is 0 Å². The fourth-order valence-electron chi connectivity index (χ4n) is 2.68. The average Bonchev–Trinajstić information content (AvgIpc) is 2.49. The standard InChI is InChI=1S/C16H22BrNO3/c1-11-8-14(17)9-13(10-19)15(11)21-12(2)16(20)18-6-4-3-5-7-18/h8-9,12,19H,3-7,10H2,1-2H3. The van der Waals surface area contributed by atoms with Crippen LogP contribution >= 0.6 is 15.9 Å². The van der Waals surface area contributed by atoms with Gasteiger partial charge >= 0.3 is 0 Å². The molecule has 0 saturated carbocycles. The third kappa shape index (κ3) is 3.98. The number of benzene rings is 1. The Balaban J connectivity index is 2.11. The van der Waals surface area contributed by atoms with Gasteiger partial charge in [-0.2, -0.15) is 0 Å². The summed E-state index contributed by atoms with van der Waals surface area (Å²) >= 11 is 3.40. The Kier molecular flexibility index (Phi) is 5.65. The number of carbonyl (C=O) groups excluding carboxylic acids is 1. The van der Waals surface area contributed by atoms with Crippen molar-refractivity contribution in [2.75, 3.05) is 13.1 Å². The summed E-state index contributed by atoms with van der Waals surface area (Å²) in [5.41, 5.74) is 1.60. The molecule has 1 fully saturated rings. The highest BCUT2D eigenvalue weighted by atomic mass is 79.9. The van der Waals surface area contributed by atoms with Gasteiger partial charge in [-0.3, -0.25) is 4.79 Å². The summed E-state index contributed by atoms with van der Waals surface area (Å²) in [6, 6.07) is 3.74. The molecule has 0 bridgehead atoms. The van der Waals surface area contributed by atoms with Crippen LogP contribution in [0.15, 0.2) is 16.6 Å². The van der Waals surface area contributed by atoms with Crippen molar-refractivity contribution in [3.63, 3.8) is 0 Å². The molecule has 0 aromatic heterocycles. The molecule has 5 heteroatoms. The van der Waals surface area contributed by atoms with E-state index in [4.69, 9.17) is 4.74 Å². The van der Waals surface area contributed by atoms with Crippen LogP contribution in [0.25, 0.3) is 0 Å². The van der Waals surface area contributed by atoms with Crippen LogP contribution in [-0.2, 0) is 11.4 Å². The van der Waals surface area contributed by atoms with Crippen LogP contribution in [0.4, 0.5) is 0 Å². The van der Waals surface area contributed by atoms with E-state index in [2.05, 4.69) is 15.9 Å². The molecule has 1 unspecified atom stereocenters. The highest BCUT2D eigenvalue weighted by molar-refractivity contribution is 9.10. The van der Waals surface area contributed by atoms with E-state index in [0.29, 0.717) is 11.3 Å². The second kappa shape index (κ2) is 7.27. The summed E-state index contributed by atoms with van der Waals surface area (Å²) in [7, 11) is 0. The van der Waals surface area contributed by atoms with Gasteiger partial charge in [0.1, 0.15) is 5.75 Å². The van der Waals surface area contributed by atoms with Gasteiger partial charge in [-0.15, -0.1) is 0 Å². The molecule has 1 aliphatic heterocycles. The smallest absolute Gasteiger partial charge is 0.263 e. The van der Waals surface area contributed by atoms with E-state index >= 15 is 0 Å². The molecule has 0 radical (unpaired) electrons. The molecule has 116 valence electrons. The number of hydrogen-bond acceptors (Lipinski definition) is 3. The van der Waals surface area contributed by atoms with Crippen LogP contribution in [-0.4, -0.2) is 35.1 Å². The number of rotatable bonds is 4. The first-order valence-corrected chi connectivity index (χ1v) is 8.17. The van der Waals surface area contributed by atoms with Gasteiger partial charge in [0.05, 0.1) is 6.61 Å². The number of aliphatic hydroxyl groups is 1. The van der Waals surface area contributed by atoms with Crippen LogP contribution in [0.3, 0.4) is 0 Å². The summed E-state index contributed by atoms with van der Waals surface area (Å²) in [5, 5.41) is 9.47. The van der Waals surface area contributed by atoms with Crippen LogP contribution < -0.4 is 4.74 Å². The zero-order chi connectivity index (χ0) is 15.4. The lowest BCUT2D eigenvalue weighted by molar-refractivity contribution is -0.138. The van der Waals surface area contributed by atoms with Crippen molar-refractivity contribution >= 4 is 21.8 Å². The second-order valence-corrected chi connectivity index (χ2v) is 6.43. The molecule has 1 atom stereocenters. The summed E-state index contributed by atoms with van der Waals surface area (Å²) in [6.07, 6.45) is 2.79. The molecule has 1 aliphatic rings. The number of amides is 1. The molecule has 4 nitrogen and oxygen atoms in total. The third-order valence-corrected chi connectivity index (χ3v) is 4.25. The Morgan fingerprint density at radius 2 is 2.05 bits per heavy atom. The maximum absolute atomic E-state index is 12.4. The quantitative estimate of drug-likeness (QED) is 0.902. The SMILES string of the molecule is Cc1cc(Br)cc(CO)c1OC(C)C(=O)N1CCCCC1. The molecule has 1 amide bonds. The third-order valence-electron chi connectivity index (χ3n) is 3.80. The van der Waals surface area contributed by atoms with Crippen molar-refractivity contribution in [1.29, 1.82) is 0 Å². The lowest BCUT2D eigenvalue weighted by Gasteiger charge is -2.29. The first-order valence-electron chi connectivity index (χ1n) is 7.38. The molecule has 1 aromatic rings. The predicted molar refractivity (Wildman–Crippen MR) is 85.3 cm³/mol. The highest BCUT2D eigenvalue weighted by Crippen LogP contribution is 2.29. The Morgan fingerprint density at radius 3 is 2.67 bits per heavy atom. The Hall–Kier alpha value is -1.07. The van der Waals surface area contributed by atoms with E-state index in [1.807, 2.05) is 24.0 Å². The second-order valence-electron chi connectivity index (χ2n) is 5.52. The first-order chi connectivity index (χ1) is 10.0. The van der Waals surface area contributed by atoms with E-state index in [0.717, 1.165) is 36.0 Å². The van der Waals surface area contributed by atoms with Crippen LogP contribution in [0.5, 0.6) is 5.75 Å². The fourth-order valence-corrected chi connectivity index (χ4v) is 3.30. The zero-order valence-electron chi connectivity index (χ0n) is 12.6. The maximum Gasteiger partial charge on any atom is 0.263 e. The number of carbonyl (C=O) groups is 1. The number of aliphatic hydroxyl groups excluding tert-OH is 1. The van der Waals surface area contributed by atoms with Crippen molar-refractivity contribution in [2.24, 2.45) is 0 Å². The summed E-state index contributed by atoms with van der Waals surface area (Å²) in [4.78, 5) is 14.3. The zero-order valence-corrected chi connectivity index (χ0v) is 14.1. The molecule has 1 aromatic carbocycles. The van der Waals surface area contributed by atoms with E-state index in [-0.39, 0.29) is 12.5 Å². The molecule has 0 aliphatic carbocycles. The van der Waals surface area contributed by atoms with Crippen molar-refractivity contribution in [3.05, 3.63) is 27.7 Å². The lowest BCUT2D eigenvalue weighted by Crippen LogP contribution is -2.43. The van der Waals surface area contributed by atoms with Crippen LogP contribution in [0.1, 0.15) is 37.3 Å². The molecule has 2 rings (SSSR count). The minimum atomic E-state index is -0.534. The topological polar surface area (TPSA) is 49.8 Å². The number of piperidine rings is 1. The van der Waals surface area contributed by atoms with Gasteiger partial charge in [0, 0.05) is 23.1 Å². The van der Waals surface area contributed by atoms with Crippen LogP contribution in [0, 0.1) is 6.92 Å². The number of hydrogen-bond donors (Lipinski definition) is 1. The largest absolute Gasteiger partial charge is 0.480 e. The average molecular weight is 356 g/mol. The number of halogens is 1. The Labute approximate surface area is 134 Å². The molecule has 0 spiro atoms. The number of likely N-dealkylation sites (tertiary alicyclic amines) is 1. The van der Waals surface area contributed by atoms with Crippen molar-refractivity contribution in [1.82, 2.24) is 4.90 Å². The van der Waals surface area contributed by atoms with Crippen LogP contribution in [0.2, 0.25) is 0 Å². The number of aryl methyl sites for hydroxylation is 1.